The Labute approximate surface area is 119 Å². The standard InChI is InChI=1S/C13H23NO4S/c1-9(2)7-19-8-10(11(15)17-6)14-12(16)18-13(3,4)5/h10H,1,7-8H2,2-6H3,(H,14,16)/t10-/m0/s1. The minimum atomic E-state index is -0.718. The van der Waals surface area contributed by atoms with E-state index in [-0.39, 0.29) is 0 Å². The minimum Gasteiger partial charge on any atom is -0.467 e. The van der Waals surface area contributed by atoms with Crippen molar-refractivity contribution in [2.45, 2.75) is 39.3 Å². The first-order chi connectivity index (χ1) is 8.65. The number of methoxy groups -OCH3 is 1. The molecule has 0 aromatic rings. The van der Waals surface area contributed by atoms with E-state index in [1.165, 1.54) is 18.9 Å². The third-order valence-electron chi connectivity index (χ3n) is 1.81. The maximum atomic E-state index is 11.6. The summed E-state index contributed by atoms with van der Waals surface area (Å²) in [5, 5.41) is 2.51. The van der Waals surface area contributed by atoms with Crippen molar-refractivity contribution in [3.05, 3.63) is 12.2 Å². The highest BCUT2D eigenvalue weighted by Gasteiger charge is 2.24. The summed E-state index contributed by atoms with van der Waals surface area (Å²) in [5.41, 5.74) is 0.404. The Hall–Kier alpha value is -1.17. The maximum absolute atomic E-state index is 11.6. The van der Waals surface area contributed by atoms with Gasteiger partial charge in [0.1, 0.15) is 11.6 Å². The fraction of sp³-hybridized carbons (Fsp3) is 0.692. The lowest BCUT2D eigenvalue weighted by Gasteiger charge is -2.22. The Bertz CT molecular complexity index is 336. The molecule has 0 rings (SSSR count). The molecule has 0 aliphatic rings. The molecule has 0 aliphatic heterocycles. The zero-order chi connectivity index (χ0) is 15.1. The molecule has 1 amide bonds. The molecule has 0 spiro atoms. The highest BCUT2D eigenvalue weighted by atomic mass is 32.2. The van der Waals surface area contributed by atoms with Crippen molar-refractivity contribution < 1.29 is 19.1 Å². The number of amides is 1. The molecule has 5 nitrogen and oxygen atoms in total. The summed E-state index contributed by atoms with van der Waals surface area (Å²) in [5.74, 6) is 0.655. The van der Waals surface area contributed by atoms with Crippen molar-refractivity contribution in [1.29, 1.82) is 0 Å². The van der Waals surface area contributed by atoms with Gasteiger partial charge in [-0.3, -0.25) is 0 Å². The van der Waals surface area contributed by atoms with E-state index in [9.17, 15) is 9.59 Å². The van der Waals surface area contributed by atoms with Gasteiger partial charge in [-0.15, -0.1) is 0 Å². The second kappa shape index (κ2) is 8.09. The van der Waals surface area contributed by atoms with Crippen LogP contribution in [0.5, 0.6) is 0 Å². The lowest BCUT2D eigenvalue weighted by molar-refractivity contribution is -0.142. The topological polar surface area (TPSA) is 64.6 Å². The van der Waals surface area contributed by atoms with E-state index in [4.69, 9.17) is 4.74 Å². The molecule has 0 saturated carbocycles. The SMILES string of the molecule is C=C(C)CSC[C@H](NC(=O)OC(C)(C)C)C(=O)OC. The third-order valence-corrected chi connectivity index (χ3v) is 3.08. The number of hydrogen-bond donors (Lipinski definition) is 1. The largest absolute Gasteiger partial charge is 0.467 e. The van der Waals surface area contributed by atoms with Gasteiger partial charge in [-0.1, -0.05) is 12.2 Å². The molecule has 6 heteroatoms. The molecule has 0 fully saturated rings. The molecule has 0 radical (unpaired) electrons. The first-order valence-corrected chi connectivity index (χ1v) is 7.10. The van der Waals surface area contributed by atoms with Crippen LogP contribution in [-0.2, 0) is 14.3 Å². The lowest BCUT2D eigenvalue weighted by Crippen LogP contribution is -2.45. The van der Waals surface area contributed by atoms with Crippen LogP contribution in [0.1, 0.15) is 27.7 Å². The fourth-order valence-corrected chi connectivity index (χ4v) is 2.03. The molecule has 0 bridgehead atoms. The maximum Gasteiger partial charge on any atom is 0.408 e. The number of carbonyl (C=O) groups excluding carboxylic acids is 2. The van der Waals surface area contributed by atoms with E-state index in [2.05, 4.69) is 16.6 Å². The van der Waals surface area contributed by atoms with Crippen LogP contribution in [0.3, 0.4) is 0 Å². The van der Waals surface area contributed by atoms with Crippen molar-refractivity contribution in [3.63, 3.8) is 0 Å². The number of nitrogens with one attached hydrogen (secondary N) is 1. The average Bonchev–Trinajstić information content (AvgIpc) is 2.23. The molecular formula is C13H23NO4S. The zero-order valence-electron chi connectivity index (χ0n) is 12.2. The van der Waals surface area contributed by atoms with Gasteiger partial charge < -0.3 is 14.8 Å². The van der Waals surface area contributed by atoms with E-state index in [0.717, 1.165) is 11.3 Å². The van der Waals surface area contributed by atoms with E-state index in [1.54, 1.807) is 20.8 Å². The van der Waals surface area contributed by atoms with Gasteiger partial charge in [-0.05, 0) is 27.7 Å². The number of ether oxygens (including phenoxy) is 2. The zero-order valence-corrected chi connectivity index (χ0v) is 13.1. The van der Waals surface area contributed by atoms with Crippen LogP contribution in [0.4, 0.5) is 4.79 Å². The summed E-state index contributed by atoms with van der Waals surface area (Å²) in [7, 11) is 1.29. The predicted octanol–water partition coefficient (Wildman–Crippen LogP) is 2.36. The van der Waals surface area contributed by atoms with Crippen LogP contribution in [0.2, 0.25) is 0 Å². The molecule has 0 aliphatic carbocycles. The first kappa shape index (κ1) is 17.8. The van der Waals surface area contributed by atoms with Gasteiger partial charge in [-0.2, -0.15) is 11.8 Å². The molecule has 1 atom stereocenters. The Balaban J connectivity index is 4.39. The quantitative estimate of drug-likeness (QED) is 0.600. The van der Waals surface area contributed by atoms with Crippen molar-refractivity contribution >= 4 is 23.8 Å². The summed E-state index contributed by atoms with van der Waals surface area (Å²) in [4.78, 5) is 23.2. The highest BCUT2D eigenvalue weighted by molar-refractivity contribution is 7.99. The van der Waals surface area contributed by atoms with Crippen LogP contribution in [0.25, 0.3) is 0 Å². The Kier molecular flexibility index (Phi) is 7.59. The Morgan fingerprint density at radius 2 is 1.95 bits per heavy atom. The van der Waals surface area contributed by atoms with E-state index >= 15 is 0 Å². The van der Waals surface area contributed by atoms with Crippen LogP contribution in [0.15, 0.2) is 12.2 Å². The van der Waals surface area contributed by atoms with Crippen molar-refractivity contribution in [2.24, 2.45) is 0 Å². The van der Waals surface area contributed by atoms with E-state index in [1.807, 2.05) is 6.92 Å². The van der Waals surface area contributed by atoms with Crippen molar-refractivity contribution in [3.8, 4) is 0 Å². The van der Waals surface area contributed by atoms with Gasteiger partial charge >= 0.3 is 12.1 Å². The summed E-state index contributed by atoms with van der Waals surface area (Å²) in [6.07, 6.45) is -0.626. The lowest BCUT2D eigenvalue weighted by atomic mass is 10.2. The van der Waals surface area contributed by atoms with Gasteiger partial charge in [0.15, 0.2) is 0 Å². The number of hydrogen-bond acceptors (Lipinski definition) is 5. The number of alkyl carbamates (subject to hydrolysis) is 1. The number of carbonyl (C=O) groups is 2. The molecule has 110 valence electrons. The van der Waals surface area contributed by atoms with E-state index in [0.29, 0.717) is 5.75 Å². The second-order valence-corrected chi connectivity index (χ2v) is 6.22. The molecule has 19 heavy (non-hydrogen) atoms. The highest BCUT2D eigenvalue weighted by Crippen LogP contribution is 2.10. The second-order valence-electron chi connectivity index (χ2n) is 5.19. The van der Waals surface area contributed by atoms with Crippen LogP contribution < -0.4 is 5.32 Å². The van der Waals surface area contributed by atoms with Crippen LogP contribution >= 0.6 is 11.8 Å². The summed E-state index contributed by atoms with van der Waals surface area (Å²) < 4.78 is 9.76. The Morgan fingerprint density at radius 3 is 2.37 bits per heavy atom. The number of thioether (sulfide) groups is 1. The van der Waals surface area contributed by atoms with E-state index < -0.39 is 23.7 Å². The van der Waals surface area contributed by atoms with Gasteiger partial charge in [0, 0.05) is 11.5 Å². The van der Waals surface area contributed by atoms with Gasteiger partial charge in [0.2, 0.25) is 0 Å². The predicted molar refractivity (Wildman–Crippen MR) is 77.3 cm³/mol. The summed E-state index contributed by atoms with van der Waals surface area (Å²) in [6, 6.07) is -0.718. The van der Waals surface area contributed by atoms with Crippen molar-refractivity contribution in [1.82, 2.24) is 5.32 Å². The molecule has 0 heterocycles. The molecule has 1 N–H and O–H groups in total. The molecule has 0 aromatic heterocycles. The molecule has 0 unspecified atom stereocenters. The first-order valence-electron chi connectivity index (χ1n) is 5.95. The third kappa shape index (κ3) is 9.41. The average molecular weight is 289 g/mol. The molecule has 0 saturated heterocycles. The smallest absolute Gasteiger partial charge is 0.408 e. The number of rotatable bonds is 6. The van der Waals surface area contributed by atoms with Crippen LogP contribution in [-0.4, -0.2) is 42.3 Å². The van der Waals surface area contributed by atoms with Gasteiger partial charge in [0.25, 0.3) is 0 Å². The van der Waals surface area contributed by atoms with Gasteiger partial charge in [-0.25, -0.2) is 9.59 Å². The fourth-order valence-electron chi connectivity index (χ4n) is 1.11. The monoisotopic (exact) mass is 289 g/mol. The summed E-state index contributed by atoms with van der Waals surface area (Å²) >= 11 is 1.50. The minimum absolute atomic E-state index is 0.415. The molecular weight excluding hydrogens is 266 g/mol. The van der Waals surface area contributed by atoms with Crippen LogP contribution in [0, 0.1) is 0 Å². The number of esters is 1. The summed E-state index contributed by atoms with van der Waals surface area (Å²) in [6.45, 7) is 11.0. The van der Waals surface area contributed by atoms with Gasteiger partial charge in [0.05, 0.1) is 7.11 Å². The van der Waals surface area contributed by atoms with Crippen molar-refractivity contribution in [2.75, 3.05) is 18.6 Å². The molecule has 0 aromatic carbocycles. The Morgan fingerprint density at radius 1 is 1.37 bits per heavy atom. The normalized spacial score (nSPS) is 12.5.